The predicted molar refractivity (Wildman–Crippen MR) is 96.1 cm³/mol. The van der Waals surface area contributed by atoms with Gasteiger partial charge in [0.2, 0.25) is 0 Å². The minimum absolute atomic E-state index is 0.246. The highest BCUT2D eigenvalue weighted by Crippen LogP contribution is 2.36. The maximum Gasteiger partial charge on any atom is 0.349 e. The van der Waals surface area contributed by atoms with Crippen LogP contribution in [0.3, 0.4) is 0 Å². The molecule has 1 aliphatic carbocycles. The zero-order valence-electron chi connectivity index (χ0n) is 12.7. The van der Waals surface area contributed by atoms with Gasteiger partial charge in [-0.05, 0) is 55.5 Å². The van der Waals surface area contributed by atoms with Crippen LogP contribution in [0.15, 0.2) is 29.1 Å². The number of halogens is 1. The molecular formula is C17H13ClN4OS. The highest BCUT2D eigenvalue weighted by molar-refractivity contribution is 7.19. The van der Waals surface area contributed by atoms with E-state index in [-0.39, 0.29) is 5.69 Å². The number of H-pyrrole nitrogens is 1. The number of fused-ring (bicyclic) bond motifs is 5. The maximum atomic E-state index is 12.4. The molecule has 0 unspecified atom stereocenters. The van der Waals surface area contributed by atoms with Crippen molar-refractivity contribution in [3.63, 3.8) is 0 Å². The summed E-state index contributed by atoms with van der Waals surface area (Å²) in [6, 6.07) is 7.33. The van der Waals surface area contributed by atoms with Crippen LogP contribution in [0.4, 0.5) is 0 Å². The van der Waals surface area contributed by atoms with E-state index < -0.39 is 0 Å². The van der Waals surface area contributed by atoms with Crippen molar-refractivity contribution < 1.29 is 0 Å². The summed E-state index contributed by atoms with van der Waals surface area (Å²) in [6.45, 7) is 0. The first kappa shape index (κ1) is 14.2. The number of nitrogens with zero attached hydrogens (tertiary/aromatic N) is 3. The van der Waals surface area contributed by atoms with Gasteiger partial charge in [-0.25, -0.2) is 9.78 Å². The van der Waals surface area contributed by atoms with E-state index in [2.05, 4.69) is 15.1 Å². The second-order valence-corrected chi connectivity index (χ2v) is 7.56. The van der Waals surface area contributed by atoms with Gasteiger partial charge in [-0.1, -0.05) is 11.6 Å². The van der Waals surface area contributed by atoms with Gasteiger partial charge in [0.25, 0.3) is 0 Å². The normalized spacial score (nSPS) is 14.4. The summed E-state index contributed by atoms with van der Waals surface area (Å²) in [7, 11) is 0. The van der Waals surface area contributed by atoms with Crippen LogP contribution in [-0.4, -0.2) is 19.6 Å². The van der Waals surface area contributed by atoms with Gasteiger partial charge in [0, 0.05) is 15.5 Å². The van der Waals surface area contributed by atoms with Gasteiger partial charge in [0.1, 0.15) is 4.83 Å². The van der Waals surface area contributed by atoms with Crippen molar-refractivity contribution in [2.24, 2.45) is 0 Å². The van der Waals surface area contributed by atoms with Crippen molar-refractivity contribution in [2.45, 2.75) is 25.7 Å². The van der Waals surface area contributed by atoms with Gasteiger partial charge in [0.05, 0.1) is 5.39 Å². The van der Waals surface area contributed by atoms with Gasteiger partial charge in [-0.2, -0.15) is 4.52 Å². The number of rotatable bonds is 1. The molecule has 0 saturated heterocycles. The summed E-state index contributed by atoms with van der Waals surface area (Å²) >= 11 is 7.63. The van der Waals surface area contributed by atoms with Gasteiger partial charge < -0.3 is 0 Å². The van der Waals surface area contributed by atoms with E-state index in [0.717, 1.165) is 28.6 Å². The fourth-order valence-electron chi connectivity index (χ4n) is 3.38. The first-order chi connectivity index (χ1) is 11.7. The zero-order chi connectivity index (χ0) is 16.3. The number of hydrogen-bond donors (Lipinski definition) is 1. The quantitative estimate of drug-likeness (QED) is 0.563. The van der Waals surface area contributed by atoms with Gasteiger partial charge in [-0.15, -0.1) is 16.4 Å². The molecule has 1 N–H and O–H groups in total. The minimum Gasteiger partial charge on any atom is -0.297 e. The smallest absolute Gasteiger partial charge is 0.297 e. The fourth-order valence-corrected chi connectivity index (χ4v) is 4.78. The number of aromatic nitrogens is 4. The summed E-state index contributed by atoms with van der Waals surface area (Å²) in [5, 5.41) is 6.13. The summed E-state index contributed by atoms with van der Waals surface area (Å²) in [4.78, 5) is 22.3. The molecule has 1 aromatic carbocycles. The van der Waals surface area contributed by atoms with E-state index in [1.54, 1.807) is 23.5 Å². The van der Waals surface area contributed by atoms with Crippen LogP contribution >= 0.6 is 22.9 Å². The highest BCUT2D eigenvalue weighted by Gasteiger charge is 2.21. The van der Waals surface area contributed by atoms with Gasteiger partial charge >= 0.3 is 5.69 Å². The second-order valence-electron chi connectivity index (χ2n) is 6.02. The summed E-state index contributed by atoms with van der Waals surface area (Å²) < 4.78 is 1.38. The molecule has 0 amide bonds. The molecule has 0 bridgehead atoms. The Morgan fingerprint density at radius 2 is 1.96 bits per heavy atom. The third-order valence-electron chi connectivity index (χ3n) is 4.52. The van der Waals surface area contributed by atoms with Crippen LogP contribution in [0.5, 0.6) is 0 Å². The Morgan fingerprint density at radius 1 is 1.17 bits per heavy atom. The second kappa shape index (κ2) is 5.16. The number of benzene rings is 1. The number of aromatic amines is 1. The lowest BCUT2D eigenvalue weighted by atomic mass is 9.97. The van der Waals surface area contributed by atoms with E-state index in [4.69, 9.17) is 11.6 Å². The average Bonchev–Trinajstić information content (AvgIpc) is 3.16. The van der Waals surface area contributed by atoms with Crippen molar-refractivity contribution in [3.05, 3.63) is 50.2 Å². The molecule has 3 heterocycles. The van der Waals surface area contributed by atoms with Gasteiger partial charge in [0.15, 0.2) is 11.5 Å². The van der Waals surface area contributed by atoms with Crippen molar-refractivity contribution in [2.75, 3.05) is 0 Å². The Morgan fingerprint density at radius 3 is 2.79 bits per heavy atom. The summed E-state index contributed by atoms with van der Waals surface area (Å²) in [5.74, 6) is 0.542. The lowest BCUT2D eigenvalue weighted by Crippen LogP contribution is -2.17. The molecule has 0 atom stereocenters. The Bertz CT molecular complexity index is 1140. The number of nitrogens with one attached hydrogen (secondary N) is 1. The molecule has 24 heavy (non-hydrogen) atoms. The topological polar surface area (TPSA) is 63.0 Å². The minimum atomic E-state index is -0.246. The van der Waals surface area contributed by atoms with Crippen LogP contribution in [0, 0.1) is 0 Å². The van der Waals surface area contributed by atoms with E-state index in [9.17, 15) is 4.79 Å². The number of thiophene rings is 1. The monoisotopic (exact) mass is 356 g/mol. The predicted octanol–water partition coefficient (Wildman–Crippen LogP) is 3.83. The number of aryl methyl sites for hydroxylation is 2. The Hall–Kier alpha value is -2.18. The molecule has 0 aliphatic heterocycles. The Balaban J connectivity index is 1.83. The molecule has 0 saturated carbocycles. The molecule has 3 aromatic heterocycles. The molecule has 0 radical (unpaired) electrons. The molecule has 0 spiro atoms. The largest absolute Gasteiger partial charge is 0.349 e. The Labute approximate surface area is 145 Å². The van der Waals surface area contributed by atoms with Crippen LogP contribution in [0.2, 0.25) is 5.02 Å². The molecule has 1 aliphatic rings. The zero-order valence-corrected chi connectivity index (χ0v) is 14.2. The van der Waals surface area contributed by atoms with E-state index in [1.807, 2.05) is 12.1 Å². The highest BCUT2D eigenvalue weighted by atomic mass is 35.5. The molecule has 4 aromatic rings. The molecule has 5 rings (SSSR count). The summed E-state index contributed by atoms with van der Waals surface area (Å²) in [6.07, 6.45) is 4.52. The average molecular weight is 357 g/mol. The van der Waals surface area contributed by atoms with Crippen molar-refractivity contribution >= 4 is 38.8 Å². The van der Waals surface area contributed by atoms with Crippen LogP contribution in [0.1, 0.15) is 23.3 Å². The third kappa shape index (κ3) is 2.03. The molecular weight excluding hydrogens is 344 g/mol. The van der Waals surface area contributed by atoms with Crippen molar-refractivity contribution in [1.29, 1.82) is 0 Å². The molecule has 5 nitrogen and oxygen atoms in total. The molecule has 7 heteroatoms. The van der Waals surface area contributed by atoms with Crippen LogP contribution in [0.25, 0.3) is 27.3 Å². The van der Waals surface area contributed by atoms with Crippen molar-refractivity contribution in [1.82, 2.24) is 19.6 Å². The Kier molecular flexibility index (Phi) is 3.05. The third-order valence-corrected chi connectivity index (χ3v) is 5.98. The van der Waals surface area contributed by atoms with Crippen molar-refractivity contribution in [3.8, 4) is 11.4 Å². The number of hydrogen-bond acceptors (Lipinski definition) is 4. The lowest BCUT2D eigenvalue weighted by Gasteiger charge is -2.09. The van der Waals surface area contributed by atoms with Crippen LogP contribution in [-0.2, 0) is 12.8 Å². The van der Waals surface area contributed by atoms with E-state index >= 15 is 0 Å². The maximum absolute atomic E-state index is 12.4. The van der Waals surface area contributed by atoms with Crippen LogP contribution < -0.4 is 5.69 Å². The fraction of sp³-hybridized carbons (Fsp3) is 0.235. The lowest BCUT2D eigenvalue weighted by molar-refractivity contribution is 0.700. The van der Waals surface area contributed by atoms with E-state index in [1.165, 1.54) is 27.8 Å². The molecule has 120 valence electrons. The standard InChI is InChI=1S/C17H13ClN4OS/c18-10-7-5-9(6-8-10)14-19-15-13-11-3-1-2-4-12(11)24-16(13)20-17(23)22(15)21-14/h5-8H,1-4H2,(H,20,23). The first-order valence-electron chi connectivity index (χ1n) is 7.90. The molecule has 0 fully saturated rings. The van der Waals surface area contributed by atoms with Gasteiger partial charge in [-0.3, -0.25) is 4.98 Å². The van der Waals surface area contributed by atoms with E-state index in [0.29, 0.717) is 16.5 Å². The summed E-state index contributed by atoms with van der Waals surface area (Å²) in [5.41, 5.74) is 2.58. The SMILES string of the molecule is O=c1[nH]c2sc3c(c2c2nc(-c4ccc(Cl)cc4)nn12)CCCC3. The first-order valence-corrected chi connectivity index (χ1v) is 9.09.